The van der Waals surface area contributed by atoms with Crippen LogP contribution in [0, 0.1) is 5.82 Å². The van der Waals surface area contributed by atoms with Crippen LogP contribution in [0.15, 0.2) is 58.3 Å². The van der Waals surface area contributed by atoms with Gasteiger partial charge < -0.3 is 5.32 Å². The van der Waals surface area contributed by atoms with Gasteiger partial charge in [-0.3, -0.25) is 4.79 Å². The number of benzene rings is 2. The van der Waals surface area contributed by atoms with Gasteiger partial charge in [0.15, 0.2) is 0 Å². The van der Waals surface area contributed by atoms with Crippen LogP contribution in [0.1, 0.15) is 30.6 Å². The third-order valence-corrected chi connectivity index (χ3v) is 7.29. The summed E-state index contributed by atoms with van der Waals surface area (Å²) < 4.78 is 40.5. The number of hydrogen-bond acceptors (Lipinski definition) is 4. The summed E-state index contributed by atoms with van der Waals surface area (Å²) >= 11 is 1.67. The van der Waals surface area contributed by atoms with E-state index in [0.717, 1.165) is 22.8 Å². The second-order valence-corrected chi connectivity index (χ2v) is 9.11. The zero-order valence-electron chi connectivity index (χ0n) is 16.0. The molecule has 152 valence electrons. The second kappa shape index (κ2) is 10.6. The predicted octanol–water partition coefficient (Wildman–Crippen LogP) is 3.77. The fraction of sp³-hybridized carbons (Fsp3) is 0.350. The van der Waals surface area contributed by atoms with Gasteiger partial charge in [0.25, 0.3) is 5.91 Å². The number of nitrogens with one attached hydrogen (secondary N) is 1. The van der Waals surface area contributed by atoms with Gasteiger partial charge in [0.1, 0.15) is 5.82 Å². The molecule has 0 unspecified atom stereocenters. The SMILES string of the molecule is CCN(CC)S(=O)(=O)c1ccc(F)c(C(=O)NCCCSc2ccccc2)c1. The first kappa shape index (κ1) is 22.4. The standard InChI is InChI=1S/C20H25FN2O3S2/c1-3-23(4-2)28(25,26)17-11-12-19(21)18(15-17)20(24)22-13-8-14-27-16-9-6-5-7-10-16/h5-7,9-12,15H,3-4,8,13-14H2,1-2H3,(H,22,24). The average Bonchev–Trinajstić information content (AvgIpc) is 2.69. The van der Waals surface area contributed by atoms with Crippen LogP contribution in [0.25, 0.3) is 0 Å². The Morgan fingerprint density at radius 3 is 2.43 bits per heavy atom. The van der Waals surface area contributed by atoms with Crippen LogP contribution < -0.4 is 5.32 Å². The molecule has 0 heterocycles. The number of rotatable bonds is 10. The molecular formula is C20H25FN2O3S2. The van der Waals surface area contributed by atoms with Gasteiger partial charge in [0, 0.05) is 24.5 Å². The average molecular weight is 425 g/mol. The zero-order chi connectivity index (χ0) is 20.6. The summed E-state index contributed by atoms with van der Waals surface area (Å²) in [5.74, 6) is -0.545. The van der Waals surface area contributed by atoms with E-state index in [1.54, 1.807) is 25.6 Å². The molecule has 0 bridgehead atoms. The molecule has 0 aliphatic heterocycles. The van der Waals surface area contributed by atoms with Gasteiger partial charge in [0.05, 0.1) is 10.5 Å². The Bertz CT molecular complexity index is 886. The summed E-state index contributed by atoms with van der Waals surface area (Å²) in [6, 6.07) is 13.2. The summed E-state index contributed by atoms with van der Waals surface area (Å²) in [7, 11) is -3.75. The smallest absolute Gasteiger partial charge is 0.254 e. The Morgan fingerprint density at radius 2 is 1.79 bits per heavy atom. The molecule has 2 aromatic carbocycles. The van der Waals surface area contributed by atoms with Gasteiger partial charge >= 0.3 is 0 Å². The molecule has 2 rings (SSSR count). The van der Waals surface area contributed by atoms with E-state index in [2.05, 4.69) is 5.32 Å². The maximum absolute atomic E-state index is 14.1. The molecule has 2 aromatic rings. The monoisotopic (exact) mass is 424 g/mol. The van der Waals surface area contributed by atoms with Gasteiger partial charge in [0.2, 0.25) is 10.0 Å². The van der Waals surface area contributed by atoms with Gasteiger partial charge in [-0.05, 0) is 42.5 Å². The van der Waals surface area contributed by atoms with Crippen molar-refractivity contribution in [2.75, 3.05) is 25.4 Å². The molecule has 0 saturated heterocycles. The van der Waals surface area contributed by atoms with Crippen LogP contribution in [0.4, 0.5) is 4.39 Å². The van der Waals surface area contributed by atoms with Crippen LogP contribution in [-0.2, 0) is 10.0 Å². The van der Waals surface area contributed by atoms with Crippen LogP contribution in [0.2, 0.25) is 0 Å². The highest BCUT2D eigenvalue weighted by atomic mass is 32.2. The minimum atomic E-state index is -3.75. The van der Waals surface area contributed by atoms with Crippen molar-refractivity contribution >= 4 is 27.7 Å². The number of carbonyl (C=O) groups excluding carboxylic acids is 1. The van der Waals surface area contributed by atoms with Gasteiger partial charge in [-0.25, -0.2) is 12.8 Å². The topological polar surface area (TPSA) is 66.5 Å². The van der Waals surface area contributed by atoms with E-state index >= 15 is 0 Å². The number of amides is 1. The summed E-state index contributed by atoms with van der Waals surface area (Å²) in [6.07, 6.45) is 0.713. The second-order valence-electron chi connectivity index (χ2n) is 6.00. The molecule has 5 nitrogen and oxygen atoms in total. The Morgan fingerprint density at radius 1 is 1.11 bits per heavy atom. The molecule has 0 atom stereocenters. The largest absolute Gasteiger partial charge is 0.352 e. The van der Waals surface area contributed by atoms with Crippen LogP contribution in [0.5, 0.6) is 0 Å². The normalized spacial score (nSPS) is 11.6. The van der Waals surface area contributed by atoms with E-state index in [4.69, 9.17) is 0 Å². The molecule has 0 saturated carbocycles. The highest BCUT2D eigenvalue weighted by Crippen LogP contribution is 2.20. The lowest BCUT2D eigenvalue weighted by Crippen LogP contribution is -2.31. The Kier molecular flexibility index (Phi) is 8.47. The maximum atomic E-state index is 14.1. The maximum Gasteiger partial charge on any atom is 0.254 e. The molecule has 0 radical (unpaired) electrons. The van der Waals surface area contributed by atoms with Gasteiger partial charge in [-0.1, -0.05) is 32.0 Å². The lowest BCUT2D eigenvalue weighted by molar-refractivity contribution is 0.0949. The van der Waals surface area contributed by atoms with Gasteiger partial charge in [-0.2, -0.15) is 4.31 Å². The summed E-state index contributed by atoms with van der Waals surface area (Å²) in [6.45, 7) is 4.44. The highest BCUT2D eigenvalue weighted by Gasteiger charge is 2.24. The van der Waals surface area contributed by atoms with Crippen molar-refractivity contribution in [3.63, 3.8) is 0 Å². The van der Waals surface area contributed by atoms with Crippen LogP contribution in [-0.4, -0.2) is 44.0 Å². The van der Waals surface area contributed by atoms with E-state index in [1.807, 2.05) is 30.3 Å². The molecule has 28 heavy (non-hydrogen) atoms. The first-order valence-electron chi connectivity index (χ1n) is 9.15. The number of hydrogen-bond donors (Lipinski definition) is 1. The molecule has 0 aliphatic carbocycles. The van der Waals surface area contributed by atoms with Crippen molar-refractivity contribution in [2.45, 2.75) is 30.1 Å². The number of thioether (sulfide) groups is 1. The van der Waals surface area contributed by atoms with Crippen molar-refractivity contribution < 1.29 is 17.6 Å². The highest BCUT2D eigenvalue weighted by molar-refractivity contribution is 7.99. The number of halogens is 1. The molecule has 0 aromatic heterocycles. The van der Waals surface area contributed by atoms with Crippen molar-refractivity contribution in [3.05, 3.63) is 59.9 Å². The van der Waals surface area contributed by atoms with Crippen molar-refractivity contribution in [2.24, 2.45) is 0 Å². The predicted molar refractivity (Wildman–Crippen MR) is 111 cm³/mol. The fourth-order valence-electron chi connectivity index (χ4n) is 2.63. The van der Waals surface area contributed by atoms with E-state index in [1.165, 1.54) is 10.4 Å². The minimum Gasteiger partial charge on any atom is -0.352 e. The first-order chi connectivity index (χ1) is 13.4. The molecule has 0 aliphatic rings. The molecule has 1 N–H and O–H groups in total. The Labute approximate surface area is 170 Å². The molecule has 8 heteroatoms. The Hall–Kier alpha value is -1.90. The summed E-state index contributed by atoms with van der Waals surface area (Å²) in [4.78, 5) is 13.4. The van der Waals surface area contributed by atoms with E-state index in [9.17, 15) is 17.6 Å². The van der Waals surface area contributed by atoms with Gasteiger partial charge in [-0.15, -0.1) is 11.8 Å². The van der Waals surface area contributed by atoms with Crippen molar-refractivity contribution in [1.29, 1.82) is 0 Å². The lowest BCUT2D eigenvalue weighted by Gasteiger charge is -2.19. The van der Waals surface area contributed by atoms with Crippen LogP contribution >= 0.6 is 11.8 Å². The Balaban J connectivity index is 1.97. The third kappa shape index (κ3) is 5.80. The van der Waals surface area contributed by atoms with E-state index < -0.39 is 21.7 Å². The third-order valence-electron chi connectivity index (χ3n) is 4.14. The minimum absolute atomic E-state index is 0.0811. The summed E-state index contributed by atoms with van der Waals surface area (Å²) in [5, 5.41) is 2.66. The van der Waals surface area contributed by atoms with E-state index in [0.29, 0.717) is 26.1 Å². The van der Waals surface area contributed by atoms with Crippen molar-refractivity contribution in [3.8, 4) is 0 Å². The zero-order valence-corrected chi connectivity index (χ0v) is 17.7. The number of carbonyl (C=O) groups is 1. The molecular weight excluding hydrogens is 399 g/mol. The number of sulfonamides is 1. The fourth-order valence-corrected chi connectivity index (χ4v) is 4.99. The van der Waals surface area contributed by atoms with Crippen molar-refractivity contribution in [1.82, 2.24) is 9.62 Å². The summed E-state index contributed by atoms with van der Waals surface area (Å²) in [5.41, 5.74) is -0.260. The lowest BCUT2D eigenvalue weighted by atomic mass is 10.2. The molecule has 1 amide bonds. The van der Waals surface area contributed by atoms with E-state index in [-0.39, 0.29) is 10.5 Å². The molecule has 0 spiro atoms. The quantitative estimate of drug-likeness (QED) is 0.466. The van der Waals surface area contributed by atoms with Crippen LogP contribution in [0.3, 0.4) is 0 Å². The number of nitrogens with zero attached hydrogens (tertiary/aromatic N) is 1. The molecule has 0 fully saturated rings. The first-order valence-corrected chi connectivity index (χ1v) is 11.6.